The number of carbonyl (C=O) groups is 2. The van der Waals surface area contributed by atoms with Gasteiger partial charge in [0.25, 0.3) is 5.91 Å². The Kier molecular flexibility index (Phi) is 6.59. The molecule has 0 unspecified atom stereocenters. The van der Waals surface area contributed by atoms with Gasteiger partial charge in [-0.1, -0.05) is 41.9 Å². The van der Waals surface area contributed by atoms with Crippen molar-refractivity contribution in [2.24, 2.45) is 5.14 Å². The largest absolute Gasteiger partial charge is 0.449 e. The highest BCUT2D eigenvalue weighted by Crippen LogP contribution is 2.21. The highest BCUT2D eigenvalue weighted by atomic mass is 35.5. The van der Waals surface area contributed by atoms with Gasteiger partial charge in [-0.25, -0.2) is 18.4 Å². The summed E-state index contributed by atoms with van der Waals surface area (Å²) >= 11 is 5.94. The van der Waals surface area contributed by atoms with Crippen LogP contribution in [0.15, 0.2) is 53.4 Å². The first-order chi connectivity index (χ1) is 12.6. The topological polar surface area (TPSA) is 107 Å². The summed E-state index contributed by atoms with van der Waals surface area (Å²) in [5.74, 6) is -1.33. The molecule has 0 aliphatic heterocycles. The Morgan fingerprint density at radius 1 is 1.19 bits per heavy atom. The number of ether oxygens (including phenoxy) is 1. The van der Waals surface area contributed by atoms with E-state index in [9.17, 15) is 18.0 Å². The Morgan fingerprint density at radius 3 is 2.41 bits per heavy atom. The van der Waals surface area contributed by atoms with Gasteiger partial charge in [0, 0.05) is 13.6 Å². The van der Waals surface area contributed by atoms with Gasteiger partial charge in [0.05, 0.1) is 15.5 Å². The van der Waals surface area contributed by atoms with E-state index < -0.39 is 28.0 Å². The van der Waals surface area contributed by atoms with E-state index in [4.69, 9.17) is 21.5 Å². The zero-order valence-corrected chi connectivity index (χ0v) is 16.3. The average Bonchev–Trinajstić information content (AvgIpc) is 2.61. The smallest absolute Gasteiger partial charge is 0.340 e. The standard InChI is InChI=1S/C18H19ClN2O5S/c1-12(17(22)21(2)11-13-6-4-3-5-7-13)26-18(23)15-10-14(27(20,24)25)8-9-16(15)19/h3-10,12H,11H2,1-2H3,(H2,20,24,25)/t12-/m1/s1. The number of likely N-dealkylation sites (N-methyl/N-ethyl adjacent to an activating group) is 1. The first-order valence-electron chi connectivity index (χ1n) is 7.92. The van der Waals surface area contributed by atoms with Crippen molar-refractivity contribution >= 4 is 33.5 Å². The third-order valence-electron chi connectivity index (χ3n) is 3.76. The minimum atomic E-state index is -4.01. The van der Waals surface area contributed by atoms with Crippen LogP contribution >= 0.6 is 11.6 Å². The van der Waals surface area contributed by atoms with Crippen molar-refractivity contribution in [2.45, 2.75) is 24.5 Å². The van der Waals surface area contributed by atoms with Gasteiger partial charge in [0.15, 0.2) is 6.10 Å². The lowest BCUT2D eigenvalue weighted by Crippen LogP contribution is -2.37. The zero-order valence-electron chi connectivity index (χ0n) is 14.8. The maximum absolute atomic E-state index is 12.4. The molecular formula is C18H19ClN2O5S. The number of hydrogen-bond acceptors (Lipinski definition) is 5. The molecule has 0 radical (unpaired) electrons. The van der Waals surface area contributed by atoms with Crippen LogP contribution in [0, 0.1) is 0 Å². The number of rotatable bonds is 6. The van der Waals surface area contributed by atoms with E-state index >= 15 is 0 Å². The highest BCUT2D eigenvalue weighted by molar-refractivity contribution is 7.89. The summed E-state index contributed by atoms with van der Waals surface area (Å²) in [5, 5.41) is 5.05. The highest BCUT2D eigenvalue weighted by Gasteiger charge is 2.24. The van der Waals surface area contributed by atoms with Crippen LogP contribution in [0.2, 0.25) is 5.02 Å². The van der Waals surface area contributed by atoms with Gasteiger partial charge in [0.1, 0.15) is 0 Å². The van der Waals surface area contributed by atoms with Gasteiger partial charge in [-0.3, -0.25) is 4.79 Å². The van der Waals surface area contributed by atoms with Crippen LogP contribution in [0.3, 0.4) is 0 Å². The summed E-state index contributed by atoms with van der Waals surface area (Å²) in [5.41, 5.74) is 0.740. The number of esters is 1. The number of hydrogen-bond donors (Lipinski definition) is 1. The summed E-state index contributed by atoms with van der Waals surface area (Å²) in [6.45, 7) is 1.78. The van der Waals surface area contributed by atoms with E-state index in [1.165, 1.54) is 24.0 Å². The van der Waals surface area contributed by atoms with Crippen LogP contribution in [-0.2, 0) is 26.1 Å². The fourth-order valence-electron chi connectivity index (χ4n) is 2.36. The van der Waals surface area contributed by atoms with Crippen molar-refractivity contribution in [1.29, 1.82) is 0 Å². The molecule has 0 aliphatic carbocycles. The first kappa shape index (κ1) is 20.9. The predicted octanol–water partition coefficient (Wildman–Crippen LogP) is 2.19. The van der Waals surface area contributed by atoms with Gasteiger partial charge in [0.2, 0.25) is 10.0 Å². The van der Waals surface area contributed by atoms with Crippen LogP contribution in [0.1, 0.15) is 22.8 Å². The van der Waals surface area contributed by atoms with E-state index in [2.05, 4.69) is 0 Å². The zero-order chi connectivity index (χ0) is 20.2. The summed E-state index contributed by atoms with van der Waals surface area (Å²) in [4.78, 5) is 25.9. The monoisotopic (exact) mass is 410 g/mol. The van der Waals surface area contributed by atoms with Crippen LogP contribution in [0.5, 0.6) is 0 Å². The lowest BCUT2D eigenvalue weighted by Gasteiger charge is -2.21. The molecule has 0 spiro atoms. The SMILES string of the molecule is C[C@@H](OC(=O)c1cc(S(N)(=O)=O)ccc1Cl)C(=O)N(C)Cc1ccccc1. The van der Waals surface area contributed by atoms with E-state index in [1.807, 2.05) is 30.3 Å². The molecule has 144 valence electrons. The minimum Gasteiger partial charge on any atom is -0.449 e. The summed E-state index contributed by atoms with van der Waals surface area (Å²) in [6, 6.07) is 12.8. The Morgan fingerprint density at radius 2 is 1.81 bits per heavy atom. The van der Waals surface area contributed by atoms with Crippen LogP contribution in [0.25, 0.3) is 0 Å². The summed E-state index contributed by atoms with van der Waals surface area (Å²) < 4.78 is 28.0. The van der Waals surface area contributed by atoms with Crippen LogP contribution < -0.4 is 5.14 Å². The molecule has 2 N–H and O–H groups in total. The summed E-state index contributed by atoms with van der Waals surface area (Å²) in [7, 11) is -2.42. The van der Waals surface area contributed by atoms with E-state index in [0.29, 0.717) is 6.54 Å². The van der Waals surface area contributed by atoms with Gasteiger partial charge < -0.3 is 9.64 Å². The van der Waals surface area contributed by atoms with Gasteiger partial charge in [-0.2, -0.15) is 0 Å². The lowest BCUT2D eigenvalue weighted by atomic mass is 10.2. The molecule has 0 aromatic heterocycles. The Hall–Kier alpha value is -2.42. The number of sulfonamides is 1. The minimum absolute atomic E-state index is 0.00955. The van der Waals surface area contributed by atoms with Crippen molar-refractivity contribution in [3.05, 3.63) is 64.7 Å². The maximum Gasteiger partial charge on any atom is 0.340 e. The number of benzene rings is 2. The van der Waals surface area contributed by atoms with Crippen molar-refractivity contribution < 1.29 is 22.7 Å². The van der Waals surface area contributed by atoms with Gasteiger partial charge in [-0.15, -0.1) is 0 Å². The molecule has 0 aliphatic rings. The van der Waals surface area contributed by atoms with Gasteiger partial charge in [-0.05, 0) is 30.7 Å². The number of nitrogens with zero attached hydrogens (tertiary/aromatic N) is 1. The maximum atomic E-state index is 12.4. The molecule has 0 saturated carbocycles. The second kappa shape index (κ2) is 8.51. The quantitative estimate of drug-likeness (QED) is 0.734. The van der Waals surface area contributed by atoms with E-state index in [-0.39, 0.29) is 15.5 Å². The summed E-state index contributed by atoms with van der Waals surface area (Å²) in [6.07, 6.45) is -1.08. The fraction of sp³-hybridized carbons (Fsp3) is 0.222. The molecule has 2 rings (SSSR count). The molecule has 2 aromatic rings. The average molecular weight is 411 g/mol. The molecule has 0 bridgehead atoms. The fourth-order valence-corrected chi connectivity index (χ4v) is 3.09. The number of primary sulfonamides is 1. The predicted molar refractivity (Wildman–Crippen MR) is 101 cm³/mol. The Labute approximate surface area is 162 Å². The molecule has 7 nitrogen and oxygen atoms in total. The van der Waals surface area contributed by atoms with E-state index in [0.717, 1.165) is 11.6 Å². The van der Waals surface area contributed by atoms with Crippen LogP contribution in [0.4, 0.5) is 0 Å². The first-order valence-corrected chi connectivity index (χ1v) is 9.84. The normalized spacial score (nSPS) is 12.3. The van der Waals surface area contributed by atoms with Gasteiger partial charge >= 0.3 is 5.97 Å². The van der Waals surface area contributed by atoms with Crippen molar-refractivity contribution in [3.8, 4) is 0 Å². The number of carbonyl (C=O) groups excluding carboxylic acids is 2. The van der Waals surface area contributed by atoms with Crippen molar-refractivity contribution in [2.75, 3.05) is 7.05 Å². The molecule has 9 heteroatoms. The molecule has 27 heavy (non-hydrogen) atoms. The third-order valence-corrected chi connectivity index (χ3v) is 5.00. The van der Waals surface area contributed by atoms with E-state index in [1.54, 1.807) is 7.05 Å². The Balaban J connectivity index is 2.09. The number of halogens is 1. The lowest BCUT2D eigenvalue weighted by molar-refractivity contribution is -0.139. The Bertz CT molecular complexity index is 947. The van der Waals surface area contributed by atoms with Crippen molar-refractivity contribution in [1.82, 2.24) is 4.90 Å². The molecule has 1 amide bonds. The molecule has 0 fully saturated rings. The second-order valence-corrected chi connectivity index (χ2v) is 7.88. The third kappa shape index (κ3) is 5.53. The molecule has 2 aromatic carbocycles. The molecular weight excluding hydrogens is 392 g/mol. The number of nitrogens with two attached hydrogens (primary N) is 1. The molecule has 0 saturated heterocycles. The molecule has 0 heterocycles. The number of amides is 1. The van der Waals surface area contributed by atoms with Crippen molar-refractivity contribution in [3.63, 3.8) is 0 Å². The molecule has 1 atom stereocenters. The second-order valence-electron chi connectivity index (χ2n) is 5.91. The van der Waals surface area contributed by atoms with Crippen LogP contribution in [-0.4, -0.2) is 38.3 Å².